The van der Waals surface area contributed by atoms with E-state index in [2.05, 4.69) is 23.8 Å². The fourth-order valence-corrected chi connectivity index (χ4v) is 2.49. The van der Waals surface area contributed by atoms with Crippen molar-refractivity contribution in [2.75, 3.05) is 0 Å². The Morgan fingerprint density at radius 1 is 1.18 bits per heavy atom. The first-order valence-corrected chi connectivity index (χ1v) is 6.40. The quantitative estimate of drug-likeness (QED) is 0.736. The summed E-state index contributed by atoms with van der Waals surface area (Å²) in [6, 6.07) is 0. The molecular weight excluding hydrogens is 212 g/mol. The maximum atomic E-state index is 12.2. The fourth-order valence-electron chi connectivity index (χ4n) is 2.49. The highest BCUT2D eigenvalue weighted by Crippen LogP contribution is 2.34. The zero-order chi connectivity index (χ0) is 12.4. The molecule has 3 nitrogen and oxygen atoms in total. The second-order valence-corrected chi connectivity index (χ2v) is 5.41. The van der Waals surface area contributed by atoms with Crippen molar-refractivity contribution in [3.8, 4) is 0 Å². The van der Waals surface area contributed by atoms with Crippen molar-refractivity contribution in [2.24, 2.45) is 17.8 Å². The second kappa shape index (κ2) is 4.94. The van der Waals surface area contributed by atoms with Gasteiger partial charge in [-0.1, -0.05) is 13.8 Å². The van der Waals surface area contributed by atoms with E-state index in [1.165, 1.54) is 0 Å². The van der Waals surface area contributed by atoms with Crippen LogP contribution in [-0.4, -0.2) is 15.8 Å². The molecule has 0 aliphatic heterocycles. The Bertz CT molecular complexity index is 399. The van der Waals surface area contributed by atoms with Gasteiger partial charge in [-0.3, -0.25) is 4.79 Å². The summed E-state index contributed by atoms with van der Waals surface area (Å²) in [6.45, 7) is 6.44. The highest BCUT2D eigenvalue weighted by atomic mass is 16.1. The van der Waals surface area contributed by atoms with Crippen molar-refractivity contribution in [1.29, 1.82) is 0 Å². The van der Waals surface area contributed by atoms with Gasteiger partial charge in [-0.2, -0.15) is 0 Å². The van der Waals surface area contributed by atoms with Crippen LogP contribution in [0.3, 0.4) is 0 Å². The molecule has 1 aliphatic rings. The topological polar surface area (TPSA) is 42.9 Å². The Kier molecular flexibility index (Phi) is 3.55. The van der Waals surface area contributed by atoms with Gasteiger partial charge >= 0.3 is 0 Å². The average molecular weight is 232 g/mol. The van der Waals surface area contributed by atoms with Crippen LogP contribution in [0.4, 0.5) is 0 Å². The molecule has 1 fully saturated rings. The summed E-state index contributed by atoms with van der Waals surface area (Å²) in [5.74, 6) is 2.01. The minimum absolute atomic E-state index is 0.128. The molecule has 0 radical (unpaired) electrons. The van der Waals surface area contributed by atoms with Crippen LogP contribution in [0.1, 0.15) is 49.3 Å². The summed E-state index contributed by atoms with van der Waals surface area (Å²) in [6.07, 6.45) is 6.55. The van der Waals surface area contributed by atoms with Gasteiger partial charge in [-0.05, 0) is 43.6 Å². The Labute approximate surface area is 103 Å². The number of nitrogens with zero attached hydrogens (tertiary/aromatic N) is 2. The third kappa shape index (κ3) is 2.71. The molecule has 2 rings (SSSR count). The van der Waals surface area contributed by atoms with Gasteiger partial charge in [0.05, 0.1) is 0 Å². The third-order valence-corrected chi connectivity index (χ3v) is 3.97. The predicted octanol–water partition coefficient (Wildman–Crippen LogP) is 3.04. The molecule has 92 valence electrons. The Morgan fingerprint density at radius 3 is 2.41 bits per heavy atom. The third-order valence-electron chi connectivity index (χ3n) is 3.97. The number of hydrogen-bond donors (Lipinski definition) is 0. The molecule has 17 heavy (non-hydrogen) atoms. The Hall–Kier alpha value is -1.25. The lowest BCUT2D eigenvalue weighted by atomic mass is 9.74. The Morgan fingerprint density at radius 2 is 1.82 bits per heavy atom. The van der Waals surface area contributed by atoms with Crippen LogP contribution in [0.25, 0.3) is 0 Å². The first-order valence-electron chi connectivity index (χ1n) is 6.40. The molecule has 1 saturated carbocycles. The van der Waals surface area contributed by atoms with E-state index in [9.17, 15) is 4.79 Å². The fraction of sp³-hybridized carbons (Fsp3) is 0.643. The smallest absolute Gasteiger partial charge is 0.203 e. The molecule has 3 atom stereocenters. The van der Waals surface area contributed by atoms with Crippen LogP contribution in [-0.2, 0) is 0 Å². The van der Waals surface area contributed by atoms with Crippen LogP contribution in [0.2, 0.25) is 0 Å². The summed E-state index contributed by atoms with van der Waals surface area (Å²) in [4.78, 5) is 20.5. The SMILES string of the molecule is Cc1cnc(C(=O)C2CCC(C)C(C)C2)nc1. The van der Waals surface area contributed by atoms with Gasteiger partial charge < -0.3 is 0 Å². The van der Waals surface area contributed by atoms with Crippen molar-refractivity contribution >= 4 is 5.78 Å². The van der Waals surface area contributed by atoms with E-state index >= 15 is 0 Å². The van der Waals surface area contributed by atoms with Gasteiger partial charge in [0.15, 0.2) is 5.82 Å². The van der Waals surface area contributed by atoms with Crippen LogP contribution in [0.5, 0.6) is 0 Å². The molecule has 0 N–H and O–H groups in total. The van der Waals surface area contributed by atoms with Gasteiger partial charge in [-0.15, -0.1) is 0 Å². The number of hydrogen-bond acceptors (Lipinski definition) is 3. The van der Waals surface area contributed by atoms with Crippen LogP contribution >= 0.6 is 0 Å². The molecule has 3 unspecified atom stereocenters. The van der Waals surface area contributed by atoms with Crippen molar-refractivity contribution in [3.05, 3.63) is 23.8 Å². The lowest BCUT2D eigenvalue weighted by molar-refractivity contribution is 0.0826. The number of rotatable bonds is 2. The normalized spacial score (nSPS) is 29.0. The van der Waals surface area contributed by atoms with E-state index in [0.717, 1.165) is 30.7 Å². The maximum Gasteiger partial charge on any atom is 0.203 e. The highest BCUT2D eigenvalue weighted by molar-refractivity contribution is 5.94. The van der Waals surface area contributed by atoms with E-state index < -0.39 is 0 Å². The molecule has 0 aromatic carbocycles. The van der Waals surface area contributed by atoms with Gasteiger partial charge in [0.25, 0.3) is 0 Å². The first-order chi connectivity index (χ1) is 8.08. The average Bonchev–Trinajstić information content (AvgIpc) is 2.33. The first kappa shape index (κ1) is 12.2. The molecular formula is C14H20N2O. The van der Waals surface area contributed by atoms with Crippen LogP contribution < -0.4 is 0 Å². The van der Waals surface area contributed by atoms with Gasteiger partial charge in [0.1, 0.15) is 0 Å². The lowest BCUT2D eigenvalue weighted by Gasteiger charge is -2.30. The molecule has 1 aliphatic carbocycles. The van der Waals surface area contributed by atoms with Gasteiger partial charge in [0.2, 0.25) is 5.78 Å². The molecule has 0 saturated heterocycles. The van der Waals surface area contributed by atoms with E-state index in [1.807, 2.05) is 6.92 Å². The monoisotopic (exact) mass is 232 g/mol. The predicted molar refractivity (Wildman–Crippen MR) is 66.8 cm³/mol. The molecule has 3 heteroatoms. The van der Waals surface area contributed by atoms with Crippen molar-refractivity contribution in [3.63, 3.8) is 0 Å². The molecule has 1 aromatic rings. The summed E-state index contributed by atoms with van der Waals surface area (Å²) in [7, 11) is 0. The summed E-state index contributed by atoms with van der Waals surface area (Å²) < 4.78 is 0. The Balaban J connectivity index is 2.08. The lowest BCUT2D eigenvalue weighted by Crippen LogP contribution is -2.27. The van der Waals surface area contributed by atoms with E-state index in [1.54, 1.807) is 12.4 Å². The maximum absolute atomic E-state index is 12.2. The second-order valence-electron chi connectivity index (χ2n) is 5.41. The van der Waals surface area contributed by atoms with Gasteiger partial charge in [0, 0.05) is 18.3 Å². The van der Waals surface area contributed by atoms with Crippen molar-refractivity contribution in [1.82, 2.24) is 9.97 Å². The van der Waals surface area contributed by atoms with Crippen molar-refractivity contribution in [2.45, 2.75) is 40.0 Å². The number of ketones is 1. The molecule has 1 heterocycles. The van der Waals surface area contributed by atoms with E-state index in [-0.39, 0.29) is 11.7 Å². The summed E-state index contributed by atoms with van der Waals surface area (Å²) in [5.41, 5.74) is 0.993. The standard InChI is InChI=1S/C14H20N2O/c1-9-7-15-14(16-8-9)13(17)12-5-4-10(2)11(3)6-12/h7-8,10-12H,4-6H2,1-3H3. The van der Waals surface area contributed by atoms with E-state index in [0.29, 0.717) is 11.7 Å². The minimum atomic E-state index is 0.128. The molecule has 0 spiro atoms. The number of aromatic nitrogens is 2. The number of Topliss-reactive ketones (excluding diaryl/α,β-unsaturated/α-hetero) is 1. The van der Waals surface area contributed by atoms with Crippen LogP contribution in [0, 0.1) is 24.7 Å². The zero-order valence-corrected chi connectivity index (χ0v) is 10.8. The molecule has 1 aromatic heterocycles. The molecule has 0 amide bonds. The number of carbonyl (C=O) groups is 1. The summed E-state index contributed by atoms with van der Waals surface area (Å²) >= 11 is 0. The molecule has 0 bridgehead atoms. The number of carbonyl (C=O) groups excluding carboxylic acids is 1. The van der Waals surface area contributed by atoms with E-state index in [4.69, 9.17) is 0 Å². The van der Waals surface area contributed by atoms with Crippen LogP contribution in [0.15, 0.2) is 12.4 Å². The highest BCUT2D eigenvalue weighted by Gasteiger charge is 2.30. The zero-order valence-electron chi connectivity index (χ0n) is 10.8. The van der Waals surface area contributed by atoms with Gasteiger partial charge in [-0.25, -0.2) is 9.97 Å². The summed E-state index contributed by atoms with van der Waals surface area (Å²) in [5, 5.41) is 0. The largest absolute Gasteiger partial charge is 0.290 e. The number of aryl methyl sites for hydroxylation is 1. The minimum Gasteiger partial charge on any atom is -0.290 e. The van der Waals surface area contributed by atoms with Crippen molar-refractivity contribution < 1.29 is 4.79 Å².